The van der Waals surface area contributed by atoms with Crippen molar-refractivity contribution in [2.45, 2.75) is 208 Å². The van der Waals surface area contributed by atoms with Gasteiger partial charge in [-0.3, -0.25) is 0 Å². The Balaban J connectivity index is 0.000000700. The predicted octanol–water partition coefficient (Wildman–Crippen LogP) is 7.30. The second kappa shape index (κ2) is 30.0. The van der Waals surface area contributed by atoms with Gasteiger partial charge in [0.25, 0.3) is 0 Å². The zero-order valence-corrected chi connectivity index (χ0v) is 44.8. The summed E-state index contributed by atoms with van der Waals surface area (Å²) in [5.74, 6) is -1.74. The first-order valence-electron chi connectivity index (χ1n) is 24.1. The summed E-state index contributed by atoms with van der Waals surface area (Å²) >= 11 is 0. The van der Waals surface area contributed by atoms with Crippen molar-refractivity contribution in [2.24, 2.45) is 0 Å². The average molecular weight is 1010 g/mol. The number of aliphatic hydroxyl groups is 1. The number of amides is 4. The molecular formula is C49H86N2O19. The highest BCUT2D eigenvalue weighted by atomic mass is 16.6. The van der Waals surface area contributed by atoms with Crippen molar-refractivity contribution < 1.29 is 90.7 Å². The number of esters is 2. The van der Waals surface area contributed by atoms with Crippen LogP contribution in [-0.4, -0.2) is 182 Å². The Morgan fingerprint density at radius 3 is 1.19 bits per heavy atom. The maximum atomic E-state index is 13.2. The quantitative estimate of drug-likeness (QED) is 0.0690. The van der Waals surface area contributed by atoms with E-state index in [2.05, 4.69) is 6.58 Å². The molecular weight excluding hydrogens is 921 g/mol. The van der Waals surface area contributed by atoms with Gasteiger partial charge < -0.3 is 61.9 Å². The van der Waals surface area contributed by atoms with E-state index in [1.54, 1.807) is 103 Å². The van der Waals surface area contributed by atoms with Gasteiger partial charge in [-0.05, 0) is 110 Å². The van der Waals surface area contributed by atoms with Gasteiger partial charge >= 0.3 is 36.3 Å². The fourth-order valence-electron chi connectivity index (χ4n) is 6.34. The van der Waals surface area contributed by atoms with E-state index in [4.69, 9.17) is 56.8 Å². The highest BCUT2D eigenvalue weighted by Gasteiger charge is 2.46. The predicted molar refractivity (Wildman–Crippen MR) is 255 cm³/mol. The third-order valence-electron chi connectivity index (χ3n) is 9.37. The highest BCUT2D eigenvalue weighted by molar-refractivity contribution is 5.95. The van der Waals surface area contributed by atoms with Gasteiger partial charge in [0.15, 0.2) is 12.1 Å². The number of hydrogen-bond donors (Lipinski definition) is 1. The lowest BCUT2D eigenvalue weighted by Crippen LogP contribution is -2.54. The second-order valence-corrected chi connectivity index (χ2v) is 20.7. The molecule has 2 aliphatic heterocycles. The van der Waals surface area contributed by atoms with E-state index in [0.717, 1.165) is 25.7 Å². The highest BCUT2D eigenvalue weighted by Crippen LogP contribution is 2.24. The summed E-state index contributed by atoms with van der Waals surface area (Å²) in [7, 11) is 0. The van der Waals surface area contributed by atoms with Crippen LogP contribution in [0.4, 0.5) is 19.2 Å². The molecule has 2 aliphatic rings. The second-order valence-electron chi connectivity index (χ2n) is 20.7. The van der Waals surface area contributed by atoms with Gasteiger partial charge in [-0.15, -0.1) is 6.58 Å². The molecule has 70 heavy (non-hydrogen) atoms. The van der Waals surface area contributed by atoms with Gasteiger partial charge in [0, 0.05) is 13.2 Å². The molecule has 0 unspecified atom stereocenters. The standard InChI is InChI=1S/C25H43NO9.C24H43NO10/c1-10-12-14-31-19-16-30-15-18(21(27)33-17(3)20(19)32-13-11-2)26(22(28)34-24(4,5)6)23(29)35-25(7,8)9;1-9-10-12-31-18-15-30-14-17(20(27)33-16(2)19(18)32-13-11-26)25(21(28)34-23(3,4)5)22(29)35-24(6,7)8/h11,17-20H,2,10,12-16H2,1,3-9H3;16-19,26H,9-15H2,1-8H3/t17-,18-,19-,20-;16-,17-,18-,19-/m00/s1. The fourth-order valence-corrected chi connectivity index (χ4v) is 6.34. The summed E-state index contributed by atoms with van der Waals surface area (Å²) in [5, 5.41) is 9.23. The van der Waals surface area contributed by atoms with Gasteiger partial charge in [-0.1, -0.05) is 32.8 Å². The number of carbonyl (C=O) groups is 6. The summed E-state index contributed by atoms with van der Waals surface area (Å²) < 4.78 is 67.8. The van der Waals surface area contributed by atoms with Crippen molar-refractivity contribution in [3.63, 3.8) is 0 Å². The number of imide groups is 2. The third-order valence-corrected chi connectivity index (χ3v) is 9.37. The Morgan fingerprint density at radius 1 is 0.571 bits per heavy atom. The summed E-state index contributed by atoms with van der Waals surface area (Å²) in [4.78, 5) is 79.7. The van der Waals surface area contributed by atoms with Crippen LogP contribution in [0.2, 0.25) is 0 Å². The molecule has 2 fully saturated rings. The van der Waals surface area contributed by atoms with Gasteiger partial charge in [-0.25, -0.2) is 28.8 Å². The van der Waals surface area contributed by atoms with E-state index in [9.17, 15) is 33.9 Å². The van der Waals surface area contributed by atoms with Crippen LogP contribution in [-0.2, 0) is 66.4 Å². The number of ether oxygens (including phenoxy) is 12. The number of hydrogen-bond acceptors (Lipinski definition) is 19. The van der Waals surface area contributed by atoms with Gasteiger partial charge in [-0.2, -0.15) is 9.80 Å². The van der Waals surface area contributed by atoms with Gasteiger partial charge in [0.05, 0.1) is 46.2 Å². The minimum absolute atomic E-state index is 0.00552. The Bertz CT molecular complexity index is 1580. The Morgan fingerprint density at radius 2 is 0.900 bits per heavy atom. The van der Waals surface area contributed by atoms with Crippen molar-refractivity contribution in [1.82, 2.24) is 9.80 Å². The SMILES string of the molecule is C=CCO[C@H]1[C@H](C)OC(=O)[C@@H](N(C(=O)OC(C)(C)C)C(=O)OC(C)(C)C)COC[C@@H]1OCCCC.CCCCO[C@H]1COC[C@H](N(C(=O)OC(C)(C)C)C(=O)OC(C)(C)C)C(=O)O[C@@H](C)[C@@H]1OCCO. The number of unbranched alkanes of at least 4 members (excludes halogenated alkanes) is 2. The topological polar surface area (TPSA) is 240 Å². The molecule has 2 heterocycles. The van der Waals surface area contributed by atoms with Crippen LogP contribution >= 0.6 is 0 Å². The van der Waals surface area contributed by atoms with Gasteiger partial charge in [0.1, 0.15) is 59.0 Å². The molecule has 2 rings (SSSR count). The van der Waals surface area contributed by atoms with Crippen LogP contribution in [0.5, 0.6) is 0 Å². The van der Waals surface area contributed by atoms with E-state index in [1.165, 1.54) is 0 Å². The van der Waals surface area contributed by atoms with Crippen LogP contribution in [0.1, 0.15) is 136 Å². The molecule has 8 atom stereocenters. The van der Waals surface area contributed by atoms with E-state index >= 15 is 0 Å². The van der Waals surface area contributed by atoms with Crippen LogP contribution in [0, 0.1) is 0 Å². The minimum atomic E-state index is -1.46. The van der Waals surface area contributed by atoms with Crippen molar-refractivity contribution in [3.05, 3.63) is 12.7 Å². The normalized spacial score (nSPS) is 23.9. The molecule has 1 N–H and O–H groups in total. The van der Waals surface area contributed by atoms with Crippen LogP contribution < -0.4 is 0 Å². The number of cyclic esters (lactones) is 2. The maximum Gasteiger partial charge on any atom is 0.420 e. The van der Waals surface area contributed by atoms with Crippen molar-refractivity contribution in [3.8, 4) is 0 Å². The zero-order valence-electron chi connectivity index (χ0n) is 44.8. The molecule has 0 aromatic rings. The molecule has 0 spiro atoms. The summed E-state index contributed by atoms with van der Waals surface area (Å²) in [6.07, 6.45) is -3.24. The van der Waals surface area contributed by atoms with E-state index in [1.807, 2.05) is 13.8 Å². The lowest BCUT2D eigenvalue weighted by Gasteiger charge is -2.32. The summed E-state index contributed by atoms with van der Waals surface area (Å²) in [6, 6.07) is -2.90. The number of rotatable bonds is 16. The van der Waals surface area contributed by atoms with Gasteiger partial charge in [0.2, 0.25) is 0 Å². The lowest BCUT2D eigenvalue weighted by molar-refractivity contribution is -0.171. The average Bonchev–Trinajstić information content (AvgIpc) is 3.28. The van der Waals surface area contributed by atoms with Crippen LogP contribution in [0.15, 0.2) is 12.7 Å². The molecule has 21 heteroatoms. The smallest absolute Gasteiger partial charge is 0.420 e. The Labute approximate surface area is 415 Å². The Hall–Kier alpha value is -4.12. The zero-order chi connectivity index (χ0) is 53.6. The molecule has 0 bridgehead atoms. The molecule has 2 saturated heterocycles. The summed E-state index contributed by atoms with van der Waals surface area (Å²) in [6.45, 7) is 31.0. The monoisotopic (exact) mass is 1010 g/mol. The Kier molecular flexibility index (Phi) is 27.4. The van der Waals surface area contributed by atoms with Crippen molar-refractivity contribution >= 4 is 36.3 Å². The number of aliphatic hydroxyl groups excluding tert-OH is 1. The minimum Gasteiger partial charge on any atom is -0.458 e. The molecule has 0 aromatic heterocycles. The third kappa shape index (κ3) is 24.3. The molecule has 0 radical (unpaired) electrons. The number of carbonyl (C=O) groups excluding carboxylic acids is 6. The molecule has 0 saturated carbocycles. The first-order valence-corrected chi connectivity index (χ1v) is 24.1. The van der Waals surface area contributed by atoms with Crippen molar-refractivity contribution in [1.29, 1.82) is 0 Å². The molecule has 4 amide bonds. The molecule has 406 valence electrons. The maximum absolute atomic E-state index is 13.2. The fraction of sp³-hybridized carbons (Fsp3) is 0.837. The van der Waals surface area contributed by atoms with E-state index in [-0.39, 0.29) is 46.2 Å². The summed E-state index contributed by atoms with van der Waals surface area (Å²) in [5.41, 5.74) is -3.71. The first kappa shape index (κ1) is 63.9. The molecule has 0 aromatic carbocycles. The first-order chi connectivity index (χ1) is 32.4. The lowest BCUT2D eigenvalue weighted by atomic mass is 10.1. The number of nitrogens with zero attached hydrogens (tertiary/aromatic N) is 2. The van der Waals surface area contributed by atoms with Crippen LogP contribution in [0.25, 0.3) is 0 Å². The van der Waals surface area contributed by atoms with E-state index in [0.29, 0.717) is 23.0 Å². The van der Waals surface area contributed by atoms with Crippen molar-refractivity contribution in [2.75, 3.05) is 59.5 Å². The molecule has 0 aliphatic carbocycles. The van der Waals surface area contributed by atoms with E-state index < -0.39 is 107 Å². The largest absolute Gasteiger partial charge is 0.458 e. The van der Waals surface area contributed by atoms with Crippen LogP contribution in [0.3, 0.4) is 0 Å². The molecule has 21 nitrogen and oxygen atoms in total.